The van der Waals surface area contributed by atoms with Gasteiger partial charge in [-0.25, -0.2) is 9.18 Å². The fourth-order valence-corrected chi connectivity index (χ4v) is 2.66. The second kappa shape index (κ2) is 7.86. The van der Waals surface area contributed by atoms with Gasteiger partial charge in [0.2, 0.25) is 0 Å². The quantitative estimate of drug-likeness (QED) is 0.864. The maximum absolute atomic E-state index is 12.8. The largest absolute Gasteiger partial charge is 0.492 e. The summed E-state index contributed by atoms with van der Waals surface area (Å²) in [5, 5.41) is 2.74. The Morgan fingerprint density at radius 2 is 1.88 bits per heavy atom. The highest BCUT2D eigenvalue weighted by Gasteiger charge is 2.21. The van der Waals surface area contributed by atoms with Crippen molar-refractivity contribution >= 4 is 17.6 Å². The molecule has 6 nitrogen and oxygen atoms in total. The van der Waals surface area contributed by atoms with Gasteiger partial charge in [0.25, 0.3) is 5.91 Å². The number of ether oxygens (including phenoxy) is 1. The smallest absolute Gasteiger partial charge is 0.321 e. The summed E-state index contributed by atoms with van der Waals surface area (Å²) in [7, 11) is 1.69. The van der Waals surface area contributed by atoms with Crippen molar-refractivity contribution in [3.05, 3.63) is 59.9 Å². The fourth-order valence-electron chi connectivity index (χ4n) is 2.66. The van der Waals surface area contributed by atoms with Crippen molar-refractivity contribution in [3.8, 4) is 5.75 Å². The van der Waals surface area contributed by atoms with Gasteiger partial charge in [-0.3, -0.25) is 9.69 Å². The summed E-state index contributed by atoms with van der Waals surface area (Å²) >= 11 is 0. The molecular formula is C19H20FN3O3. The molecule has 3 rings (SSSR count). The third kappa shape index (κ3) is 4.11. The van der Waals surface area contributed by atoms with Gasteiger partial charge < -0.3 is 15.0 Å². The number of benzene rings is 2. The molecule has 0 radical (unpaired) electrons. The van der Waals surface area contributed by atoms with E-state index in [2.05, 4.69) is 5.32 Å². The lowest BCUT2D eigenvalue weighted by atomic mass is 10.1. The molecule has 0 aromatic heterocycles. The van der Waals surface area contributed by atoms with Crippen LogP contribution in [0.25, 0.3) is 0 Å². The highest BCUT2D eigenvalue weighted by atomic mass is 19.1. The van der Waals surface area contributed by atoms with E-state index in [1.54, 1.807) is 53.2 Å². The number of amides is 3. The first-order valence-electron chi connectivity index (χ1n) is 8.34. The van der Waals surface area contributed by atoms with Crippen molar-refractivity contribution in [1.82, 2.24) is 10.2 Å². The lowest BCUT2D eigenvalue weighted by molar-refractivity contribution is 0.0774. The van der Waals surface area contributed by atoms with Gasteiger partial charge in [-0.05, 0) is 48.5 Å². The number of halogens is 1. The minimum absolute atomic E-state index is 0.126. The molecule has 7 heteroatoms. The van der Waals surface area contributed by atoms with Crippen LogP contribution in [0, 0.1) is 5.82 Å². The van der Waals surface area contributed by atoms with Gasteiger partial charge in [-0.2, -0.15) is 0 Å². The van der Waals surface area contributed by atoms with Crippen LogP contribution in [0.2, 0.25) is 0 Å². The molecule has 1 heterocycles. The van der Waals surface area contributed by atoms with Crippen LogP contribution >= 0.6 is 0 Å². The van der Waals surface area contributed by atoms with E-state index in [-0.39, 0.29) is 17.8 Å². The number of nitrogens with one attached hydrogen (secondary N) is 1. The van der Waals surface area contributed by atoms with Crippen molar-refractivity contribution in [2.45, 2.75) is 0 Å². The lowest BCUT2D eigenvalue weighted by Gasteiger charge is -2.19. The Bertz CT molecular complexity index is 778. The zero-order valence-corrected chi connectivity index (χ0v) is 14.4. The molecule has 26 heavy (non-hydrogen) atoms. The number of nitrogens with zero attached hydrogens (tertiary/aromatic N) is 2. The van der Waals surface area contributed by atoms with E-state index in [1.807, 2.05) is 0 Å². The first-order chi connectivity index (χ1) is 12.5. The Morgan fingerprint density at radius 1 is 1.19 bits per heavy atom. The molecule has 2 aromatic rings. The highest BCUT2D eigenvalue weighted by molar-refractivity contribution is 5.96. The molecule has 136 valence electrons. The molecule has 0 unspecified atom stereocenters. The van der Waals surface area contributed by atoms with Gasteiger partial charge in [0.15, 0.2) is 0 Å². The zero-order chi connectivity index (χ0) is 18.5. The van der Waals surface area contributed by atoms with Gasteiger partial charge in [0.05, 0.1) is 6.54 Å². The number of likely N-dealkylation sites (N-methyl/N-ethyl adjacent to an activating group) is 1. The highest BCUT2D eigenvalue weighted by Crippen LogP contribution is 2.18. The molecule has 3 amide bonds. The number of hydrogen-bond acceptors (Lipinski definition) is 3. The number of carbonyl (C=O) groups is 2. The second-order valence-electron chi connectivity index (χ2n) is 5.96. The minimum atomic E-state index is -0.320. The molecular weight excluding hydrogens is 337 g/mol. The fraction of sp³-hybridized carbons (Fsp3) is 0.263. The summed E-state index contributed by atoms with van der Waals surface area (Å²) in [6.45, 7) is 1.94. The lowest BCUT2D eigenvalue weighted by Crippen LogP contribution is -2.31. The SMILES string of the molecule is CN(CCOc1ccc(F)cc1)C(=O)c1ccc(N2CCNC2=O)cc1. The van der Waals surface area contributed by atoms with Crippen LogP contribution in [0.5, 0.6) is 5.75 Å². The van der Waals surface area contributed by atoms with E-state index in [1.165, 1.54) is 12.1 Å². The van der Waals surface area contributed by atoms with E-state index in [0.717, 1.165) is 5.69 Å². The molecule has 1 fully saturated rings. The maximum Gasteiger partial charge on any atom is 0.321 e. The average Bonchev–Trinajstić information content (AvgIpc) is 3.09. The summed E-state index contributed by atoms with van der Waals surface area (Å²) in [4.78, 5) is 27.3. The van der Waals surface area contributed by atoms with Crippen molar-refractivity contribution < 1.29 is 18.7 Å². The number of urea groups is 1. The van der Waals surface area contributed by atoms with Crippen LogP contribution in [0.1, 0.15) is 10.4 Å². The maximum atomic E-state index is 12.8. The predicted octanol–water partition coefficient (Wildman–Crippen LogP) is 2.51. The van der Waals surface area contributed by atoms with Crippen LogP contribution in [0.3, 0.4) is 0 Å². The van der Waals surface area contributed by atoms with E-state index < -0.39 is 0 Å². The first-order valence-corrected chi connectivity index (χ1v) is 8.34. The summed E-state index contributed by atoms with van der Waals surface area (Å²) in [6, 6.07) is 12.6. The molecule has 1 aliphatic rings. The summed E-state index contributed by atoms with van der Waals surface area (Å²) in [5.41, 5.74) is 1.30. The molecule has 1 saturated heterocycles. The number of carbonyl (C=O) groups excluding carboxylic acids is 2. The summed E-state index contributed by atoms with van der Waals surface area (Å²) in [5.74, 6) is 0.102. The van der Waals surface area contributed by atoms with Crippen molar-refractivity contribution in [1.29, 1.82) is 0 Å². The van der Waals surface area contributed by atoms with Crippen LogP contribution in [-0.4, -0.2) is 50.1 Å². The summed E-state index contributed by atoms with van der Waals surface area (Å²) in [6.07, 6.45) is 0. The van der Waals surface area contributed by atoms with Crippen LogP contribution in [0.4, 0.5) is 14.9 Å². The molecule has 0 bridgehead atoms. The topological polar surface area (TPSA) is 61.9 Å². The predicted molar refractivity (Wildman–Crippen MR) is 96.0 cm³/mol. The summed E-state index contributed by atoms with van der Waals surface area (Å²) < 4.78 is 18.4. The van der Waals surface area contributed by atoms with E-state index >= 15 is 0 Å². The molecule has 1 N–H and O–H groups in total. The number of rotatable bonds is 6. The molecule has 0 aliphatic carbocycles. The van der Waals surface area contributed by atoms with Gasteiger partial charge in [0, 0.05) is 31.4 Å². The Labute approximate surface area is 151 Å². The van der Waals surface area contributed by atoms with Gasteiger partial charge in [-0.15, -0.1) is 0 Å². The van der Waals surface area contributed by atoms with E-state index in [4.69, 9.17) is 4.74 Å². The Balaban J connectivity index is 1.52. The monoisotopic (exact) mass is 357 g/mol. The van der Waals surface area contributed by atoms with Crippen LogP contribution in [0.15, 0.2) is 48.5 Å². The van der Waals surface area contributed by atoms with Crippen molar-refractivity contribution in [3.63, 3.8) is 0 Å². The Kier molecular flexibility index (Phi) is 5.36. The molecule has 1 aliphatic heterocycles. The van der Waals surface area contributed by atoms with Crippen LogP contribution < -0.4 is 15.0 Å². The minimum Gasteiger partial charge on any atom is -0.492 e. The number of anilines is 1. The molecule has 0 atom stereocenters. The third-order valence-corrected chi connectivity index (χ3v) is 4.14. The van der Waals surface area contributed by atoms with E-state index in [0.29, 0.717) is 37.6 Å². The van der Waals surface area contributed by atoms with Crippen molar-refractivity contribution in [2.75, 3.05) is 38.2 Å². The van der Waals surface area contributed by atoms with Gasteiger partial charge in [-0.1, -0.05) is 0 Å². The molecule has 0 spiro atoms. The Hall–Kier alpha value is -3.09. The Morgan fingerprint density at radius 3 is 2.50 bits per heavy atom. The third-order valence-electron chi connectivity index (χ3n) is 4.14. The molecule has 0 saturated carbocycles. The normalized spacial score (nSPS) is 13.5. The number of hydrogen-bond donors (Lipinski definition) is 1. The average molecular weight is 357 g/mol. The standard InChI is InChI=1S/C19H20FN3O3/c1-22(12-13-26-17-8-4-15(20)5-9-17)18(24)14-2-6-16(7-3-14)23-11-10-21-19(23)25/h2-9H,10-13H2,1H3,(H,21,25). The van der Waals surface area contributed by atoms with Crippen LogP contribution in [-0.2, 0) is 0 Å². The van der Waals surface area contributed by atoms with Crippen molar-refractivity contribution in [2.24, 2.45) is 0 Å². The van der Waals surface area contributed by atoms with Gasteiger partial charge >= 0.3 is 6.03 Å². The van der Waals surface area contributed by atoms with Gasteiger partial charge in [0.1, 0.15) is 18.2 Å². The van der Waals surface area contributed by atoms with E-state index in [9.17, 15) is 14.0 Å². The zero-order valence-electron chi connectivity index (χ0n) is 14.4. The first kappa shape index (κ1) is 17.7. The second-order valence-corrected chi connectivity index (χ2v) is 5.96. The molecule has 2 aromatic carbocycles.